The van der Waals surface area contributed by atoms with Gasteiger partial charge in [-0.3, -0.25) is 4.79 Å². The molecule has 0 saturated carbocycles. The molecule has 1 heterocycles. The number of amides is 1. The summed E-state index contributed by atoms with van der Waals surface area (Å²) in [5.41, 5.74) is 0.499. The maximum atomic E-state index is 12.4. The molecule has 102 valence electrons. The zero-order valence-corrected chi connectivity index (χ0v) is 12.5. The van der Waals surface area contributed by atoms with Crippen LogP contribution >= 0.6 is 23.2 Å². The topological polar surface area (TPSA) is 38.3 Å². The number of ether oxygens (including phenoxy) is 1. The fraction of sp³-hybridized carbons (Fsp3) is 0.357. The van der Waals surface area contributed by atoms with Crippen LogP contribution in [-0.2, 0) is 9.53 Å². The lowest BCUT2D eigenvalue weighted by atomic mass is 9.97. The number of nitrogens with one attached hydrogen (secondary N) is 1. The van der Waals surface area contributed by atoms with E-state index in [1.807, 2.05) is 19.9 Å². The Kier molecular flexibility index (Phi) is 3.90. The van der Waals surface area contributed by atoms with Crippen molar-refractivity contribution in [3.63, 3.8) is 0 Å². The average molecular weight is 300 g/mol. The van der Waals surface area contributed by atoms with Crippen molar-refractivity contribution in [1.29, 1.82) is 0 Å². The highest BCUT2D eigenvalue weighted by Gasteiger charge is 2.41. The van der Waals surface area contributed by atoms with E-state index in [-0.39, 0.29) is 12.0 Å². The lowest BCUT2D eigenvalue weighted by Crippen LogP contribution is -2.42. The van der Waals surface area contributed by atoms with Crippen LogP contribution in [0.4, 0.5) is 5.69 Å². The van der Waals surface area contributed by atoms with Crippen molar-refractivity contribution < 1.29 is 9.53 Å². The highest BCUT2D eigenvalue weighted by molar-refractivity contribution is 6.35. The van der Waals surface area contributed by atoms with Crippen molar-refractivity contribution in [2.45, 2.75) is 32.5 Å². The molecule has 1 aliphatic heterocycles. The number of anilines is 1. The van der Waals surface area contributed by atoms with Crippen molar-refractivity contribution in [1.82, 2.24) is 0 Å². The molecular weight excluding hydrogens is 285 g/mol. The molecule has 0 spiro atoms. The number of hydrogen-bond acceptors (Lipinski definition) is 2. The quantitative estimate of drug-likeness (QED) is 0.837. The van der Waals surface area contributed by atoms with Gasteiger partial charge in [0.1, 0.15) is 0 Å². The van der Waals surface area contributed by atoms with Gasteiger partial charge in [0, 0.05) is 15.7 Å². The summed E-state index contributed by atoms with van der Waals surface area (Å²) in [4.78, 5) is 12.4. The van der Waals surface area contributed by atoms with Crippen molar-refractivity contribution in [2.75, 3.05) is 5.32 Å². The minimum absolute atomic E-state index is 0.0706. The van der Waals surface area contributed by atoms with E-state index in [2.05, 4.69) is 5.32 Å². The zero-order valence-electron chi connectivity index (χ0n) is 11.0. The number of hydrogen-bond donors (Lipinski definition) is 1. The molecule has 2 rings (SSSR count). The molecule has 0 saturated heterocycles. The Labute approximate surface area is 122 Å². The molecule has 2 atom stereocenters. The molecule has 1 aromatic rings. The first-order valence-electron chi connectivity index (χ1n) is 5.95. The SMILES string of the molecule is CC1=CC(C)OC1(C)C(=O)Nc1cc(Cl)cc(Cl)c1. The van der Waals surface area contributed by atoms with Crippen LogP contribution in [0.25, 0.3) is 0 Å². The second-order valence-corrected chi connectivity index (χ2v) is 5.69. The van der Waals surface area contributed by atoms with Crippen LogP contribution in [0.3, 0.4) is 0 Å². The Morgan fingerprint density at radius 2 is 1.89 bits per heavy atom. The van der Waals surface area contributed by atoms with Gasteiger partial charge >= 0.3 is 0 Å². The monoisotopic (exact) mass is 299 g/mol. The minimum atomic E-state index is -0.950. The molecule has 0 aliphatic carbocycles. The van der Waals surface area contributed by atoms with Crippen molar-refractivity contribution in [2.24, 2.45) is 0 Å². The first-order valence-corrected chi connectivity index (χ1v) is 6.71. The molecule has 0 radical (unpaired) electrons. The van der Waals surface area contributed by atoms with Gasteiger partial charge in [-0.15, -0.1) is 0 Å². The third-order valence-corrected chi connectivity index (χ3v) is 3.65. The Hall–Kier alpha value is -1.03. The van der Waals surface area contributed by atoms with Gasteiger partial charge < -0.3 is 10.1 Å². The van der Waals surface area contributed by atoms with E-state index < -0.39 is 5.60 Å². The van der Waals surface area contributed by atoms with E-state index in [1.165, 1.54) is 0 Å². The van der Waals surface area contributed by atoms with Gasteiger partial charge in [-0.05, 0) is 44.5 Å². The van der Waals surface area contributed by atoms with Gasteiger partial charge in [-0.2, -0.15) is 0 Å². The largest absolute Gasteiger partial charge is 0.354 e. The van der Waals surface area contributed by atoms with Crippen LogP contribution in [0.2, 0.25) is 10.0 Å². The van der Waals surface area contributed by atoms with Gasteiger partial charge in [0.05, 0.1) is 6.10 Å². The van der Waals surface area contributed by atoms with E-state index in [1.54, 1.807) is 25.1 Å². The summed E-state index contributed by atoms with van der Waals surface area (Å²) in [6.45, 7) is 5.54. The number of carbonyl (C=O) groups excluding carboxylic acids is 1. The third kappa shape index (κ3) is 2.94. The van der Waals surface area contributed by atoms with E-state index >= 15 is 0 Å². The van der Waals surface area contributed by atoms with Crippen LogP contribution < -0.4 is 5.32 Å². The van der Waals surface area contributed by atoms with E-state index in [4.69, 9.17) is 27.9 Å². The molecule has 1 N–H and O–H groups in total. The minimum Gasteiger partial charge on any atom is -0.354 e. The van der Waals surface area contributed by atoms with E-state index in [0.29, 0.717) is 15.7 Å². The molecular formula is C14H15Cl2NO2. The van der Waals surface area contributed by atoms with Gasteiger partial charge in [-0.25, -0.2) is 0 Å². The van der Waals surface area contributed by atoms with Crippen LogP contribution in [-0.4, -0.2) is 17.6 Å². The van der Waals surface area contributed by atoms with Crippen LogP contribution in [0.5, 0.6) is 0 Å². The van der Waals surface area contributed by atoms with Crippen molar-refractivity contribution in [3.05, 3.63) is 39.9 Å². The molecule has 1 aromatic carbocycles. The van der Waals surface area contributed by atoms with Gasteiger partial charge in [0.25, 0.3) is 5.91 Å². The molecule has 0 fully saturated rings. The summed E-state index contributed by atoms with van der Waals surface area (Å²) in [6.07, 6.45) is 1.86. The van der Waals surface area contributed by atoms with Crippen LogP contribution in [0.15, 0.2) is 29.8 Å². The predicted molar refractivity (Wildman–Crippen MR) is 77.8 cm³/mol. The number of benzene rings is 1. The normalized spacial score (nSPS) is 26.2. The summed E-state index contributed by atoms with van der Waals surface area (Å²) in [5, 5.41) is 3.73. The van der Waals surface area contributed by atoms with Crippen molar-refractivity contribution >= 4 is 34.8 Å². The van der Waals surface area contributed by atoms with E-state index in [0.717, 1.165) is 5.57 Å². The summed E-state index contributed by atoms with van der Waals surface area (Å²) in [7, 11) is 0. The maximum absolute atomic E-state index is 12.4. The molecule has 0 bridgehead atoms. The number of carbonyl (C=O) groups is 1. The number of halogens is 2. The van der Waals surface area contributed by atoms with Crippen LogP contribution in [0.1, 0.15) is 20.8 Å². The van der Waals surface area contributed by atoms with E-state index in [9.17, 15) is 4.79 Å². The smallest absolute Gasteiger partial charge is 0.260 e. The Morgan fingerprint density at radius 3 is 2.37 bits per heavy atom. The summed E-state index contributed by atoms with van der Waals surface area (Å²) >= 11 is 11.8. The number of rotatable bonds is 2. The molecule has 1 amide bonds. The van der Waals surface area contributed by atoms with Crippen LogP contribution in [0, 0.1) is 0 Å². The highest BCUT2D eigenvalue weighted by Crippen LogP contribution is 2.32. The standard InChI is InChI=1S/C14H15Cl2NO2/c1-8-4-9(2)19-14(8,3)13(18)17-12-6-10(15)5-11(16)7-12/h4-7,9H,1-3H3,(H,17,18). The third-order valence-electron chi connectivity index (χ3n) is 3.21. The Balaban J connectivity index is 2.20. The lowest BCUT2D eigenvalue weighted by molar-refractivity contribution is -0.134. The highest BCUT2D eigenvalue weighted by atomic mass is 35.5. The van der Waals surface area contributed by atoms with Gasteiger partial charge in [0.15, 0.2) is 5.60 Å². The molecule has 2 unspecified atom stereocenters. The zero-order chi connectivity index (χ0) is 14.2. The summed E-state index contributed by atoms with van der Waals surface area (Å²) in [6, 6.07) is 4.90. The molecule has 19 heavy (non-hydrogen) atoms. The van der Waals surface area contributed by atoms with Gasteiger partial charge in [0.2, 0.25) is 0 Å². The fourth-order valence-corrected chi connectivity index (χ4v) is 2.64. The summed E-state index contributed by atoms with van der Waals surface area (Å²) in [5.74, 6) is -0.232. The Morgan fingerprint density at radius 1 is 1.32 bits per heavy atom. The second-order valence-electron chi connectivity index (χ2n) is 4.82. The molecule has 5 heteroatoms. The summed E-state index contributed by atoms with van der Waals surface area (Å²) < 4.78 is 5.68. The Bertz CT molecular complexity index is 536. The lowest BCUT2D eigenvalue weighted by Gasteiger charge is -2.25. The first kappa shape index (κ1) is 14.4. The maximum Gasteiger partial charge on any atom is 0.260 e. The first-order chi connectivity index (χ1) is 8.81. The molecule has 1 aliphatic rings. The second kappa shape index (κ2) is 5.16. The fourth-order valence-electron chi connectivity index (χ4n) is 2.12. The van der Waals surface area contributed by atoms with Crippen molar-refractivity contribution in [3.8, 4) is 0 Å². The molecule has 3 nitrogen and oxygen atoms in total. The molecule has 0 aromatic heterocycles. The van der Waals surface area contributed by atoms with Gasteiger partial charge in [-0.1, -0.05) is 29.3 Å². The predicted octanol–water partition coefficient (Wildman–Crippen LogP) is 4.06. The average Bonchev–Trinajstić information content (AvgIpc) is 2.52.